The second kappa shape index (κ2) is 10.2. The molecule has 0 aliphatic carbocycles. The molecule has 0 amide bonds. The number of rotatable bonds is 8. The van der Waals surface area contributed by atoms with Crippen LogP contribution in [0, 0.1) is 0 Å². The largest absolute Gasteiger partial charge is 0.490 e. The van der Waals surface area contributed by atoms with Crippen LogP contribution in [0.5, 0.6) is 17.2 Å². The van der Waals surface area contributed by atoms with Crippen molar-refractivity contribution in [3.63, 3.8) is 0 Å². The maximum absolute atomic E-state index is 13.3. The first-order valence-electron chi connectivity index (χ1n) is 11.3. The Morgan fingerprint density at radius 1 is 0.686 bits per heavy atom. The van der Waals surface area contributed by atoms with Gasteiger partial charge in [-0.15, -0.1) is 0 Å². The van der Waals surface area contributed by atoms with Crippen LogP contribution in [-0.2, 0) is 13.2 Å². The van der Waals surface area contributed by atoms with Gasteiger partial charge in [-0.2, -0.15) is 0 Å². The molecular weight excluding hydrogens is 440 g/mol. The van der Waals surface area contributed by atoms with Crippen molar-refractivity contribution in [1.82, 2.24) is 0 Å². The number of hydrogen-bond acceptors (Lipinski definition) is 5. The highest BCUT2D eigenvalue weighted by molar-refractivity contribution is 5.90. The third-order valence-electron chi connectivity index (χ3n) is 5.62. The Morgan fingerprint density at radius 3 is 1.86 bits per heavy atom. The molecule has 0 spiro atoms. The van der Waals surface area contributed by atoms with E-state index in [1.165, 1.54) is 13.2 Å². The second-order valence-electron chi connectivity index (χ2n) is 8.00. The van der Waals surface area contributed by atoms with Crippen molar-refractivity contribution in [2.45, 2.75) is 13.2 Å². The first-order valence-corrected chi connectivity index (χ1v) is 11.3. The molecule has 0 atom stereocenters. The standard InChI is InChI=1S/C30H24O5/c1-32-29-27(33-19-21-11-5-2-6-12-21)18-26-28(30(29)34-20-22-13-7-3-8-14-22)24(31)17-25(35-26)23-15-9-4-10-16-23/h2-18H,19-20H2,1H3. The van der Waals surface area contributed by atoms with E-state index < -0.39 is 0 Å². The lowest BCUT2D eigenvalue weighted by Crippen LogP contribution is -2.08. The maximum Gasteiger partial charge on any atom is 0.204 e. The van der Waals surface area contributed by atoms with E-state index >= 15 is 0 Å². The smallest absolute Gasteiger partial charge is 0.204 e. The molecule has 0 N–H and O–H groups in total. The highest BCUT2D eigenvalue weighted by Crippen LogP contribution is 2.44. The summed E-state index contributed by atoms with van der Waals surface area (Å²) >= 11 is 0. The average molecular weight is 465 g/mol. The fourth-order valence-corrected chi connectivity index (χ4v) is 3.90. The summed E-state index contributed by atoms with van der Waals surface area (Å²) in [5.74, 6) is 1.55. The van der Waals surface area contributed by atoms with Crippen LogP contribution < -0.4 is 19.6 Å². The van der Waals surface area contributed by atoms with Gasteiger partial charge >= 0.3 is 0 Å². The van der Waals surface area contributed by atoms with Gasteiger partial charge < -0.3 is 18.6 Å². The van der Waals surface area contributed by atoms with Crippen molar-refractivity contribution in [3.05, 3.63) is 124 Å². The van der Waals surface area contributed by atoms with Crippen LogP contribution in [0.2, 0.25) is 0 Å². The van der Waals surface area contributed by atoms with Gasteiger partial charge in [-0.25, -0.2) is 0 Å². The molecule has 0 radical (unpaired) electrons. The average Bonchev–Trinajstić information content (AvgIpc) is 2.91. The van der Waals surface area contributed by atoms with E-state index in [0.717, 1.165) is 16.7 Å². The third-order valence-corrected chi connectivity index (χ3v) is 5.62. The summed E-state index contributed by atoms with van der Waals surface area (Å²) in [6.45, 7) is 0.581. The fraction of sp³-hybridized carbons (Fsp3) is 0.100. The van der Waals surface area contributed by atoms with E-state index in [1.54, 1.807) is 6.07 Å². The van der Waals surface area contributed by atoms with Gasteiger partial charge in [-0.1, -0.05) is 91.0 Å². The van der Waals surface area contributed by atoms with Crippen molar-refractivity contribution in [2.24, 2.45) is 0 Å². The van der Waals surface area contributed by atoms with E-state index in [2.05, 4.69) is 0 Å². The molecule has 1 heterocycles. The maximum atomic E-state index is 13.3. The molecular formula is C30H24O5. The number of hydrogen-bond donors (Lipinski definition) is 0. The van der Waals surface area contributed by atoms with Gasteiger partial charge in [0.2, 0.25) is 5.75 Å². The Bertz CT molecular complexity index is 1480. The molecule has 0 bridgehead atoms. The Labute approximate surface area is 203 Å². The predicted molar refractivity (Wildman–Crippen MR) is 136 cm³/mol. The summed E-state index contributed by atoms with van der Waals surface area (Å²) in [5.41, 5.74) is 2.91. The molecule has 5 nitrogen and oxygen atoms in total. The minimum atomic E-state index is -0.221. The number of fused-ring (bicyclic) bond motifs is 1. The molecule has 1 aromatic heterocycles. The Balaban J connectivity index is 1.63. The van der Waals surface area contributed by atoms with Gasteiger partial charge in [0.25, 0.3) is 0 Å². The second-order valence-corrected chi connectivity index (χ2v) is 8.00. The molecule has 174 valence electrons. The number of methoxy groups -OCH3 is 1. The zero-order valence-electron chi connectivity index (χ0n) is 19.3. The molecule has 5 aromatic rings. The van der Waals surface area contributed by atoms with Crippen molar-refractivity contribution >= 4 is 11.0 Å². The van der Waals surface area contributed by atoms with E-state index in [9.17, 15) is 4.79 Å². The van der Waals surface area contributed by atoms with Crippen LogP contribution in [0.4, 0.5) is 0 Å². The summed E-state index contributed by atoms with van der Waals surface area (Å²) in [6.07, 6.45) is 0. The predicted octanol–water partition coefficient (Wildman–Crippen LogP) is 6.63. The Hall–Kier alpha value is -4.51. The first-order chi connectivity index (χ1) is 17.2. The van der Waals surface area contributed by atoms with Gasteiger partial charge in [0, 0.05) is 17.7 Å². The Morgan fingerprint density at radius 2 is 1.26 bits per heavy atom. The highest BCUT2D eigenvalue weighted by Gasteiger charge is 2.22. The first kappa shape index (κ1) is 22.3. The molecule has 0 saturated carbocycles. The van der Waals surface area contributed by atoms with Crippen LogP contribution >= 0.6 is 0 Å². The third kappa shape index (κ3) is 4.89. The lowest BCUT2D eigenvalue weighted by molar-refractivity contribution is 0.259. The van der Waals surface area contributed by atoms with Gasteiger partial charge in [0.1, 0.15) is 29.9 Å². The Kier molecular flexibility index (Phi) is 6.48. The molecule has 35 heavy (non-hydrogen) atoms. The van der Waals surface area contributed by atoms with Crippen LogP contribution in [0.1, 0.15) is 11.1 Å². The summed E-state index contributed by atoms with van der Waals surface area (Å²) in [6, 6.07) is 32.2. The van der Waals surface area contributed by atoms with Gasteiger partial charge in [0.15, 0.2) is 16.9 Å². The number of ether oxygens (including phenoxy) is 3. The van der Waals surface area contributed by atoms with Crippen molar-refractivity contribution in [2.75, 3.05) is 7.11 Å². The zero-order chi connectivity index (χ0) is 24.0. The minimum Gasteiger partial charge on any atom is -0.490 e. The fourth-order valence-electron chi connectivity index (χ4n) is 3.90. The minimum absolute atomic E-state index is 0.221. The van der Waals surface area contributed by atoms with E-state index in [1.807, 2.05) is 91.0 Å². The molecule has 0 aliphatic rings. The molecule has 0 unspecified atom stereocenters. The zero-order valence-corrected chi connectivity index (χ0v) is 19.3. The van der Waals surface area contributed by atoms with Crippen LogP contribution in [-0.4, -0.2) is 7.11 Å². The molecule has 0 fully saturated rings. The lowest BCUT2D eigenvalue weighted by Gasteiger charge is -2.17. The molecule has 5 heteroatoms. The van der Waals surface area contributed by atoms with Crippen molar-refractivity contribution < 1.29 is 18.6 Å². The number of benzene rings is 4. The van der Waals surface area contributed by atoms with Crippen molar-refractivity contribution in [1.29, 1.82) is 0 Å². The van der Waals surface area contributed by atoms with Crippen LogP contribution in [0.3, 0.4) is 0 Å². The monoisotopic (exact) mass is 464 g/mol. The van der Waals surface area contributed by atoms with E-state index in [0.29, 0.717) is 40.6 Å². The molecule has 0 aliphatic heterocycles. The van der Waals surface area contributed by atoms with Gasteiger partial charge in [-0.3, -0.25) is 4.79 Å². The van der Waals surface area contributed by atoms with Gasteiger partial charge in [-0.05, 0) is 11.1 Å². The SMILES string of the molecule is COc1c(OCc2ccccc2)cc2oc(-c3ccccc3)cc(=O)c2c1OCc1ccccc1. The quantitative estimate of drug-likeness (QED) is 0.258. The molecule has 5 rings (SSSR count). The molecule has 4 aromatic carbocycles. The normalized spacial score (nSPS) is 10.8. The molecule has 0 saturated heterocycles. The van der Waals surface area contributed by atoms with Gasteiger partial charge in [0.05, 0.1) is 7.11 Å². The highest BCUT2D eigenvalue weighted by atomic mass is 16.5. The topological polar surface area (TPSA) is 57.9 Å². The summed E-state index contributed by atoms with van der Waals surface area (Å²) in [4.78, 5) is 13.3. The van der Waals surface area contributed by atoms with E-state index in [4.69, 9.17) is 18.6 Å². The van der Waals surface area contributed by atoms with E-state index in [-0.39, 0.29) is 12.0 Å². The van der Waals surface area contributed by atoms with Crippen molar-refractivity contribution in [3.8, 4) is 28.6 Å². The lowest BCUT2D eigenvalue weighted by atomic mass is 10.1. The van der Waals surface area contributed by atoms with Crippen LogP contribution in [0.25, 0.3) is 22.3 Å². The summed E-state index contributed by atoms with van der Waals surface area (Å²) in [5, 5.41) is 0.310. The summed E-state index contributed by atoms with van der Waals surface area (Å²) < 4.78 is 24.2. The summed E-state index contributed by atoms with van der Waals surface area (Å²) in [7, 11) is 1.53. The van der Waals surface area contributed by atoms with Crippen LogP contribution in [0.15, 0.2) is 112 Å².